The molecule has 0 bridgehead atoms. The average Bonchev–Trinajstić information content (AvgIpc) is 2.61. The van der Waals surface area contributed by atoms with E-state index in [0.29, 0.717) is 17.8 Å². The van der Waals surface area contributed by atoms with Crippen molar-refractivity contribution < 1.29 is 14.7 Å². The van der Waals surface area contributed by atoms with Crippen LogP contribution in [0.25, 0.3) is 0 Å². The maximum absolute atomic E-state index is 10.9. The lowest BCUT2D eigenvalue weighted by Crippen LogP contribution is -2.36. The number of carbonyl (C=O) groups is 2. The van der Waals surface area contributed by atoms with Crippen molar-refractivity contribution in [2.24, 2.45) is 0 Å². The van der Waals surface area contributed by atoms with E-state index in [2.05, 4.69) is 0 Å². The van der Waals surface area contributed by atoms with Gasteiger partial charge >= 0.3 is 6.09 Å². The zero-order valence-electron chi connectivity index (χ0n) is 8.27. The molecule has 0 aromatic carbocycles. The summed E-state index contributed by atoms with van der Waals surface area (Å²) in [6, 6.07) is 1.73. The number of thiophene rings is 1. The van der Waals surface area contributed by atoms with Crippen LogP contribution in [0.5, 0.6) is 0 Å². The van der Waals surface area contributed by atoms with Crippen molar-refractivity contribution in [1.29, 1.82) is 0 Å². The van der Waals surface area contributed by atoms with Crippen LogP contribution in [0.4, 0.5) is 4.79 Å². The van der Waals surface area contributed by atoms with E-state index in [1.54, 1.807) is 0 Å². The van der Waals surface area contributed by atoms with Crippen molar-refractivity contribution >= 4 is 23.7 Å². The third-order valence-corrected chi connectivity index (χ3v) is 3.96. The number of aldehydes is 1. The largest absolute Gasteiger partial charge is 0.465 e. The number of rotatable bonds is 1. The quantitative estimate of drug-likeness (QED) is 0.745. The molecule has 1 unspecified atom stereocenters. The predicted molar refractivity (Wildman–Crippen MR) is 56.6 cm³/mol. The Hall–Kier alpha value is -1.36. The molecule has 1 aliphatic rings. The highest BCUT2D eigenvalue weighted by atomic mass is 32.1. The van der Waals surface area contributed by atoms with Crippen LogP contribution in [0, 0.1) is 0 Å². The molecule has 15 heavy (non-hydrogen) atoms. The van der Waals surface area contributed by atoms with Gasteiger partial charge in [0.05, 0.1) is 10.9 Å². The standard InChI is InChI=1S/C10H11NO3S/c1-6-9-7(4-8(5-12)15-9)2-3-11(6)10(13)14/h4-6H,2-3H2,1H3,(H,13,14). The summed E-state index contributed by atoms with van der Waals surface area (Å²) in [5.74, 6) is 0. The van der Waals surface area contributed by atoms with Gasteiger partial charge in [-0.05, 0) is 25.0 Å². The van der Waals surface area contributed by atoms with E-state index in [9.17, 15) is 9.59 Å². The van der Waals surface area contributed by atoms with Gasteiger partial charge in [0.15, 0.2) is 6.29 Å². The first kappa shape index (κ1) is 10.2. The molecule has 1 aromatic rings. The lowest BCUT2D eigenvalue weighted by atomic mass is 10.0. The van der Waals surface area contributed by atoms with E-state index < -0.39 is 6.09 Å². The van der Waals surface area contributed by atoms with Crippen molar-refractivity contribution in [1.82, 2.24) is 4.90 Å². The van der Waals surface area contributed by atoms with Gasteiger partial charge in [0.2, 0.25) is 0 Å². The topological polar surface area (TPSA) is 57.6 Å². The van der Waals surface area contributed by atoms with Crippen LogP contribution >= 0.6 is 11.3 Å². The minimum Gasteiger partial charge on any atom is -0.465 e. The summed E-state index contributed by atoms with van der Waals surface area (Å²) in [5, 5.41) is 8.96. The maximum Gasteiger partial charge on any atom is 0.407 e. The van der Waals surface area contributed by atoms with Gasteiger partial charge in [0, 0.05) is 11.4 Å². The van der Waals surface area contributed by atoms with Crippen LogP contribution in [-0.4, -0.2) is 28.9 Å². The van der Waals surface area contributed by atoms with Crippen LogP contribution in [0.2, 0.25) is 0 Å². The Balaban J connectivity index is 2.36. The van der Waals surface area contributed by atoms with Crippen LogP contribution in [-0.2, 0) is 6.42 Å². The lowest BCUT2D eigenvalue weighted by molar-refractivity contribution is 0.112. The Morgan fingerprint density at radius 2 is 2.47 bits per heavy atom. The van der Waals surface area contributed by atoms with Crippen molar-refractivity contribution in [2.45, 2.75) is 19.4 Å². The Morgan fingerprint density at radius 1 is 1.73 bits per heavy atom. The Morgan fingerprint density at radius 3 is 3.07 bits per heavy atom. The molecule has 4 nitrogen and oxygen atoms in total. The van der Waals surface area contributed by atoms with Crippen molar-refractivity contribution in [3.63, 3.8) is 0 Å². The fourth-order valence-corrected chi connectivity index (χ4v) is 3.00. The second kappa shape index (κ2) is 3.66. The highest BCUT2D eigenvalue weighted by molar-refractivity contribution is 7.13. The molecule has 0 saturated carbocycles. The van der Waals surface area contributed by atoms with Crippen molar-refractivity contribution in [2.75, 3.05) is 6.54 Å². The van der Waals surface area contributed by atoms with Gasteiger partial charge in [-0.2, -0.15) is 0 Å². The van der Waals surface area contributed by atoms with Gasteiger partial charge in [-0.15, -0.1) is 11.3 Å². The molecule has 1 amide bonds. The molecule has 2 heterocycles. The van der Waals surface area contributed by atoms with Gasteiger partial charge in [-0.25, -0.2) is 4.79 Å². The summed E-state index contributed by atoms with van der Waals surface area (Å²) in [6.07, 6.45) is 0.631. The van der Waals surface area contributed by atoms with Crippen molar-refractivity contribution in [3.05, 3.63) is 21.4 Å². The molecule has 0 aliphatic carbocycles. The summed E-state index contributed by atoms with van der Waals surface area (Å²) < 4.78 is 0. The summed E-state index contributed by atoms with van der Waals surface area (Å²) in [5.41, 5.74) is 1.12. The van der Waals surface area contributed by atoms with Crippen LogP contribution in [0.15, 0.2) is 6.07 Å². The Kier molecular flexibility index (Phi) is 2.48. The third-order valence-electron chi connectivity index (χ3n) is 2.69. The predicted octanol–water partition coefficient (Wildman–Crippen LogP) is 2.16. The van der Waals surface area contributed by atoms with Gasteiger partial charge in [-0.3, -0.25) is 4.79 Å². The molecule has 0 fully saturated rings. The molecule has 5 heteroatoms. The number of fused-ring (bicyclic) bond motifs is 1. The number of amides is 1. The van der Waals surface area contributed by atoms with E-state index in [-0.39, 0.29) is 6.04 Å². The molecule has 0 spiro atoms. The van der Waals surface area contributed by atoms with E-state index in [4.69, 9.17) is 5.11 Å². The number of hydrogen-bond acceptors (Lipinski definition) is 3. The number of carboxylic acid groups (broad SMARTS) is 1. The average molecular weight is 225 g/mol. The SMILES string of the molecule is CC1c2sc(C=O)cc2CCN1C(=O)O. The van der Waals surface area contributed by atoms with Crippen LogP contribution in [0.1, 0.15) is 33.1 Å². The minimum atomic E-state index is -0.894. The van der Waals surface area contributed by atoms with E-state index >= 15 is 0 Å². The summed E-state index contributed by atoms with van der Waals surface area (Å²) in [4.78, 5) is 24.6. The highest BCUT2D eigenvalue weighted by Gasteiger charge is 2.29. The smallest absolute Gasteiger partial charge is 0.407 e. The maximum atomic E-state index is 10.9. The third kappa shape index (κ3) is 1.63. The molecular weight excluding hydrogens is 214 g/mol. The molecule has 0 radical (unpaired) electrons. The first-order chi connectivity index (χ1) is 7.13. The second-order valence-corrected chi connectivity index (χ2v) is 4.67. The molecule has 1 aromatic heterocycles. The van der Waals surface area contributed by atoms with Crippen LogP contribution < -0.4 is 0 Å². The fourth-order valence-electron chi connectivity index (χ4n) is 1.91. The van der Waals surface area contributed by atoms with E-state index in [1.165, 1.54) is 16.2 Å². The molecule has 1 N–H and O–H groups in total. The minimum absolute atomic E-state index is 0.134. The van der Waals surface area contributed by atoms with Gasteiger partial charge in [0.1, 0.15) is 0 Å². The lowest BCUT2D eigenvalue weighted by Gasteiger charge is -2.30. The number of nitrogens with zero attached hydrogens (tertiary/aromatic N) is 1. The van der Waals surface area contributed by atoms with Crippen molar-refractivity contribution in [3.8, 4) is 0 Å². The zero-order valence-corrected chi connectivity index (χ0v) is 9.08. The normalized spacial score (nSPS) is 19.8. The Labute approximate surface area is 91.1 Å². The molecule has 1 atom stereocenters. The highest BCUT2D eigenvalue weighted by Crippen LogP contribution is 2.35. The first-order valence-corrected chi connectivity index (χ1v) is 5.52. The Bertz CT molecular complexity index is 413. The number of carbonyl (C=O) groups excluding carboxylic acids is 1. The van der Waals surface area contributed by atoms with E-state index in [0.717, 1.165) is 16.7 Å². The van der Waals surface area contributed by atoms with Gasteiger partial charge in [-0.1, -0.05) is 0 Å². The molecule has 1 aliphatic heterocycles. The molecule has 80 valence electrons. The van der Waals surface area contributed by atoms with Gasteiger partial charge in [0.25, 0.3) is 0 Å². The monoisotopic (exact) mass is 225 g/mol. The molecule has 2 rings (SSSR count). The van der Waals surface area contributed by atoms with E-state index in [1.807, 2.05) is 13.0 Å². The summed E-state index contributed by atoms with van der Waals surface area (Å²) in [6.45, 7) is 2.37. The summed E-state index contributed by atoms with van der Waals surface area (Å²) >= 11 is 1.39. The number of hydrogen-bond donors (Lipinski definition) is 1. The molecule has 0 saturated heterocycles. The van der Waals surface area contributed by atoms with Crippen LogP contribution in [0.3, 0.4) is 0 Å². The molecular formula is C10H11NO3S. The summed E-state index contributed by atoms with van der Waals surface area (Å²) in [7, 11) is 0. The first-order valence-electron chi connectivity index (χ1n) is 4.71. The van der Waals surface area contributed by atoms with Gasteiger partial charge < -0.3 is 10.0 Å². The zero-order chi connectivity index (χ0) is 11.0. The fraction of sp³-hybridized carbons (Fsp3) is 0.400. The second-order valence-electron chi connectivity index (χ2n) is 3.56.